The molecule has 11 rings (SSSR count). The number of benzene rings is 9. The zero-order valence-corrected chi connectivity index (χ0v) is 28.1. The van der Waals surface area contributed by atoms with Crippen LogP contribution < -0.4 is 0 Å². The number of hydrogen-bond acceptors (Lipinski definition) is 2. The lowest BCUT2D eigenvalue weighted by atomic mass is 9.84. The SMILES string of the molecule is c1ccc(-c2oc3ccc4c(oc5cccc(-c6c7ccccc7c(-c7ccc8ccccc8c7)c7ccccc67)c54)c3c2-c2ccccc2)cc1. The van der Waals surface area contributed by atoms with Gasteiger partial charge in [-0.05, 0) is 84.4 Å². The Morgan fingerprint density at radius 1 is 0.308 bits per heavy atom. The van der Waals surface area contributed by atoms with E-state index < -0.39 is 0 Å². The van der Waals surface area contributed by atoms with Crippen LogP contribution >= 0.6 is 0 Å². The summed E-state index contributed by atoms with van der Waals surface area (Å²) >= 11 is 0. The molecule has 0 amide bonds. The molecule has 2 heteroatoms. The zero-order chi connectivity index (χ0) is 34.2. The van der Waals surface area contributed by atoms with E-state index in [1.54, 1.807) is 0 Å². The molecule has 0 spiro atoms. The maximum Gasteiger partial charge on any atom is 0.147 e. The first-order chi connectivity index (χ1) is 25.8. The van der Waals surface area contributed by atoms with Crippen LogP contribution in [-0.4, -0.2) is 0 Å². The van der Waals surface area contributed by atoms with Crippen molar-refractivity contribution in [1.29, 1.82) is 0 Å². The van der Waals surface area contributed by atoms with Crippen molar-refractivity contribution in [3.05, 3.63) is 182 Å². The van der Waals surface area contributed by atoms with Gasteiger partial charge in [-0.15, -0.1) is 0 Å². The summed E-state index contributed by atoms with van der Waals surface area (Å²) in [4.78, 5) is 0. The van der Waals surface area contributed by atoms with E-state index in [4.69, 9.17) is 8.83 Å². The number of hydrogen-bond donors (Lipinski definition) is 0. The van der Waals surface area contributed by atoms with E-state index in [9.17, 15) is 0 Å². The van der Waals surface area contributed by atoms with E-state index in [1.165, 1.54) is 49.0 Å². The lowest BCUT2D eigenvalue weighted by Crippen LogP contribution is -1.91. The Balaban J connectivity index is 1.24. The third kappa shape index (κ3) is 4.25. The molecule has 52 heavy (non-hydrogen) atoms. The Kier molecular flexibility index (Phi) is 6.28. The van der Waals surface area contributed by atoms with Crippen LogP contribution in [0.25, 0.3) is 110 Å². The van der Waals surface area contributed by atoms with E-state index >= 15 is 0 Å². The monoisotopic (exact) mass is 662 g/mol. The molecule has 0 radical (unpaired) electrons. The first-order valence-electron chi connectivity index (χ1n) is 17.8. The molecule has 9 aromatic carbocycles. The Morgan fingerprint density at radius 2 is 0.904 bits per heavy atom. The fourth-order valence-electron chi connectivity index (χ4n) is 8.42. The molecule has 2 nitrogen and oxygen atoms in total. The number of furan rings is 2. The minimum atomic E-state index is 0.807. The molecule has 0 saturated carbocycles. The Hall–Kier alpha value is -6.90. The molecular formula is C50H30O2. The Morgan fingerprint density at radius 3 is 1.62 bits per heavy atom. The lowest BCUT2D eigenvalue weighted by Gasteiger charge is -2.18. The summed E-state index contributed by atoms with van der Waals surface area (Å²) in [6.07, 6.45) is 0. The number of rotatable bonds is 4. The normalized spacial score (nSPS) is 11.8. The van der Waals surface area contributed by atoms with Crippen LogP contribution in [0.4, 0.5) is 0 Å². The van der Waals surface area contributed by atoms with Gasteiger partial charge in [0.15, 0.2) is 0 Å². The molecule has 2 heterocycles. The summed E-state index contributed by atoms with van der Waals surface area (Å²) in [6.45, 7) is 0. The summed E-state index contributed by atoms with van der Waals surface area (Å²) in [6, 6.07) is 64.8. The lowest BCUT2D eigenvalue weighted by molar-refractivity contribution is 0.631. The molecule has 0 bridgehead atoms. The van der Waals surface area contributed by atoms with Gasteiger partial charge in [-0.3, -0.25) is 0 Å². The van der Waals surface area contributed by atoms with Crippen molar-refractivity contribution in [3.63, 3.8) is 0 Å². The van der Waals surface area contributed by atoms with Crippen LogP contribution in [0, 0.1) is 0 Å². The van der Waals surface area contributed by atoms with Crippen molar-refractivity contribution >= 4 is 65.2 Å². The van der Waals surface area contributed by atoms with E-state index in [1.807, 2.05) is 6.07 Å². The third-order valence-electron chi connectivity index (χ3n) is 10.7. The molecule has 242 valence electrons. The maximum absolute atomic E-state index is 6.94. The highest BCUT2D eigenvalue weighted by Crippen LogP contribution is 2.50. The summed E-state index contributed by atoms with van der Waals surface area (Å²) in [5.41, 5.74) is 10.5. The second-order valence-corrected chi connectivity index (χ2v) is 13.5. The fourth-order valence-corrected chi connectivity index (χ4v) is 8.42. The van der Waals surface area contributed by atoms with Crippen LogP contribution in [0.3, 0.4) is 0 Å². The molecule has 0 aliphatic carbocycles. The average molecular weight is 663 g/mol. The minimum absolute atomic E-state index is 0.807. The van der Waals surface area contributed by atoms with Gasteiger partial charge in [-0.1, -0.05) is 158 Å². The molecular weight excluding hydrogens is 633 g/mol. The third-order valence-corrected chi connectivity index (χ3v) is 10.7. The number of fused-ring (bicyclic) bond motifs is 8. The van der Waals surface area contributed by atoms with Crippen molar-refractivity contribution in [2.24, 2.45) is 0 Å². The quantitative estimate of drug-likeness (QED) is 0.175. The van der Waals surface area contributed by atoms with Crippen LogP contribution in [-0.2, 0) is 0 Å². The first-order valence-corrected chi connectivity index (χ1v) is 17.8. The van der Waals surface area contributed by atoms with Gasteiger partial charge in [-0.25, -0.2) is 0 Å². The van der Waals surface area contributed by atoms with E-state index in [-0.39, 0.29) is 0 Å². The second kappa shape index (κ2) is 11.3. The largest absolute Gasteiger partial charge is 0.455 e. The minimum Gasteiger partial charge on any atom is -0.455 e. The fraction of sp³-hybridized carbons (Fsp3) is 0. The van der Waals surface area contributed by atoms with Gasteiger partial charge in [0.05, 0.1) is 5.39 Å². The van der Waals surface area contributed by atoms with Gasteiger partial charge in [0.1, 0.15) is 22.5 Å². The van der Waals surface area contributed by atoms with Crippen molar-refractivity contribution in [3.8, 4) is 44.7 Å². The summed E-state index contributed by atoms with van der Waals surface area (Å²) in [7, 11) is 0. The van der Waals surface area contributed by atoms with Crippen molar-refractivity contribution < 1.29 is 8.83 Å². The van der Waals surface area contributed by atoms with Gasteiger partial charge in [0.25, 0.3) is 0 Å². The van der Waals surface area contributed by atoms with Crippen LogP contribution in [0.2, 0.25) is 0 Å². The van der Waals surface area contributed by atoms with Gasteiger partial charge in [0.2, 0.25) is 0 Å². The van der Waals surface area contributed by atoms with Crippen molar-refractivity contribution in [1.82, 2.24) is 0 Å². The Labute approximate surface area is 299 Å². The predicted molar refractivity (Wildman–Crippen MR) is 218 cm³/mol. The molecule has 0 saturated heterocycles. The second-order valence-electron chi connectivity index (χ2n) is 13.5. The topological polar surface area (TPSA) is 26.3 Å². The highest BCUT2D eigenvalue weighted by molar-refractivity contribution is 6.28. The highest BCUT2D eigenvalue weighted by atomic mass is 16.3. The summed E-state index contributed by atoms with van der Waals surface area (Å²) in [5, 5.41) is 10.5. The molecule has 0 atom stereocenters. The predicted octanol–water partition coefficient (Wildman–Crippen LogP) is 14.5. The van der Waals surface area contributed by atoms with Crippen molar-refractivity contribution in [2.75, 3.05) is 0 Å². The van der Waals surface area contributed by atoms with Gasteiger partial charge in [0, 0.05) is 21.9 Å². The van der Waals surface area contributed by atoms with Gasteiger partial charge in [-0.2, -0.15) is 0 Å². The molecule has 0 fully saturated rings. The van der Waals surface area contributed by atoms with Gasteiger partial charge >= 0.3 is 0 Å². The molecule has 0 N–H and O–H groups in total. The van der Waals surface area contributed by atoms with Crippen LogP contribution in [0.15, 0.2) is 191 Å². The molecule has 0 unspecified atom stereocenters. The van der Waals surface area contributed by atoms with Crippen molar-refractivity contribution in [2.45, 2.75) is 0 Å². The summed E-state index contributed by atoms with van der Waals surface area (Å²) in [5.74, 6) is 0.844. The van der Waals surface area contributed by atoms with E-state index in [0.29, 0.717) is 0 Å². The summed E-state index contributed by atoms with van der Waals surface area (Å²) < 4.78 is 13.6. The standard InChI is InChI=1S/C50H30O2/c1-3-15-32(16-4-1)45-48-43(51-49(45)33-17-5-2-6-18-33)29-28-41-47-40(24-13-25-42(47)52-50(41)48)46-38-22-11-9-20-36(38)44(37-21-10-12-23-39(37)46)35-27-26-31-14-7-8-19-34(31)30-35/h1-30H. The van der Waals surface area contributed by atoms with Gasteiger partial charge < -0.3 is 8.83 Å². The smallest absolute Gasteiger partial charge is 0.147 e. The highest BCUT2D eigenvalue weighted by Gasteiger charge is 2.25. The van der Waals surface area contributed by atoms with E-state index in [0.717, 1.165) is 60.9 Å². The molecule has 2 aromatic heterocycles. The first kappa shape index (κ1) is 28.9. The molecule has 11 aromatic rings. The maximum atomic E-state index is 6.94. The van der Waals surface area contributed by atoms with Crippen LogP contribution in [0.5, 0.6) is 0 Å². The average Bonchev–Trinajstić information content (AvgIpc) is 3.80. The molecule has 0 aliphatic rings. The zero-order valence-electron chi connectivity index (χ0n) is 28.1. The van der Waals surface area contributed by atoms with Crippen LogP contribution in [0.1, 0.15) is 0 Å². The molecule has 0 aliphatic heterocycles. The Bertz CT molecular complexity index is 3110. The van der Waals surface area contributed by atoms with E-state index in [2.05, 4.69) is 176 Å².